The van der Waals surface area contributed by atoms with E-state index in [-0.39, 0.29) is 16.1 Å². The van der Waals surface area contributed by atoms with E-state index in [2.05, 4.69) is 21.2 Å². The molecule has 21 heavy (non-hydrogen) atoms. The van der Waals surface area contributed by atoms with Gasteiger partial charge in [-0.1, -0.05) is 22.0 Å². The largest absolute Gasteiger partial charge is 0.379 e. The molecule has 1 aromatic rings. The Morgan fingerprint density at radius 3 is 2.67 bits per heavy atom. The fourth-order valence-electron chi connectivity index (χ4n) is 2.02. The number of amides is 1. The van der Waals surface area contributed by atoms with Crippen LogP contribution >= 0.6 is 15.9 Å². The predicted molar refractivity (Wildman–Crippen MR) is 83.2 cm³/mol. The molecule has 0 radical (unpaired) electrons. The Morgan fingerprint density at radius 2 is 2.05 bits per heavy atom. The lowest BCUT2D eigenvalue weighted by Gasteiger charge is -2.26. The van der Waals surface area contributed by atoms with Gasteiger partial charge in [-0.05, 0) is 24.6 Å². The molecular weight excluding hydrogens is 360 g/mol. The molecule has 1 saturated heterocycles. The van der Waals surface area contributed by atoms with E-state index in [9.17, 15) is 13.2 Å². The number of anilines is 1. The molecule has 1 fully saturated rings. The molecule has 0 aromatic heterocycles. The molecule has 1 aliphatic rings. The van der Waals surface area contributed by atoms with Gasteiger partial charge in [0, 0.05) is 18.8 Å². The Kier molecular flexibility index (Phi) is 5.37. The lowest BCUT2D eigenvalue weighted by Crippen LogP contribution is -2.40. The van der Waals surface area contributed by atoms with Gasteiger partial charge in [0.25, 0.3) is 0 Å². The molecule has 2 rings (SSSR count). The van der Waals surface area contributed by atoms with E-state index in [0.29, 0.717) is 32.0 Å². The SMILES string of the molecule is Cc1ccc(S(=O)(=O)N2CCOCC2)cc1NC(=O)CBr. The Balaban J connectivity index is 2.30. The highest BCUT2D eigenvalue weighted by molar-refractivity contribution is 9.09. The van der Waals surface area contributed by atoms with Gasteiger partial charge in [0.2, 0.25) is 15.9 Å². The zero-order valence-electron chi connectivity index (χ0n) is 11.6. The number of sulfonamides is 1. The number of benzene rings is 1. The van der Waals surface area contributed by atoms with E-state index in [4.69, 9.17) is 4.74 Å². The van der Waals surface area contributed by atoms with Crippen LogP contribution in [0.4, 0.5) is 5.69 Å². The van der Waals surface area contributed by atoms with Crippen molar-refractivity contribution in [1.29, 1.82) is 0 Å². The fraction of sp³-hybridized carbons (Fsp3) is 0.462. The first-order chi connectivity index (χ1) is 9.95. The fourth-order valence-corrected chi connectivity index (χ4v) is 3.59. The third-order valence-corrected chi connectivity index (χ3v) is 5.62. The van der Waals surface area contributed by atoms with Gasteiger partial charge in [-0.3, -0.25) is 4.79 Å². The number of alkyl halides is 1. The van der Waals surface area contributed by atoms with Crippen LogP contribution in [0.2, 0.25) is 0 Å². The number of hydrogen-bond donors (Lipinski definition) is 1. The summed E-state index contributed by atoms with van der Waals surface area (Å²) >= 11 is 3.06. The average Bonchev–Trinajstić information content (AvgIpc) is 2.50. The van der Waals surface area contributed by atoms with Gasteiger partial charge in [-0.25, -0.2) is 8.42 Å². The van der Waals surface area contributed by atoms with E-state index in [0.717, 1.165) is 5.56 Å². The second-order valence-corrected chi connectivity index (χ2v) is 7.17. The van der Waals surface area contributed by atoms with Gasteiger partial charge in [0.05, 0.1) is 23.4 Å². The van der Waals surface area contributed by atoms with Crippen molar-refractivity contribution in [2.45, 2.75) is 11.8 Å². The Hall–Kier alpha value is -0.960. The van der Waals surface area contributed by atoms with Crippen LogP contribution in [0.5, 0.6) is 0 Å². The Morgan fingerprint density at radius 1 is 1.38 bits per heavy atom. The third kappa shape index (κ3) is 3.82. The molecule has 0 atom stereocenters. The normalized spacial score (nSPS) is 16.7. The standard InChI is InChI=1S/C13H17BrN2O4S/c1-10-2-3-11(8-12(10)15-13(17)9-14)21(18,19)16-4-6-20-7-5-16/h2-3,8H,4-7,9H2,1H3,(H,15,17). The molecule has 6 nitrogen and oxygen atoms in total. The number of aryl methyl sites for hydroxylation is 1. The highest BCUT2D eigenvalue weighted by atomic mass is 79.9. The molecule has 116 valence electrons. The number of rotatable bonds is 4. The lowest BCUT2D eigenvalue weighted by atomic mass is 10.2. The highest BCUT2D eigenvalue weighted by Crippen LogP contribution is 2.23. The zero-order valence-corrected chi connectivity index (χ0v) is 14.0. The van der Waals surface area contributed by atoms with Crippen molar-refractivity contribution in [3.05, 3.63) is 23.8 Å². The maximum atomic E-state index is 12.6. The minimum absolute atomic E-state index is 0.160. The molecular formula is C13H17BrN2O4S. The molecule has 1 heterocycles. The quantitative estimate of drug-likeness (QED) is 0.804. The maximum Gasteiger partial charge on any atom is 0.243 e. The zero-order chi connectivity index (χ0) is 15.5. The monoisotopic (exact) mass is 376 g/mol. The van der Waals surface area contributed by atoms with Crippen LogP contribution in [-0.4, -0.2) is 50.3 Å². The summed E-state index contributed by atoms with van der Waals surface area (Å²) in [6.45, 7) is 3.31. The molecule has 0 spiro atoms. The average molecular weight is 377 g/mol. The first-order valence-corrected chi connectivity index (χ1v) is 9.05. The highest BCUT2D eigenvalue weighted by Gasteiger charge is 2.26. The Labute approximate surface area is 132 Å². The number of hydrogen-bond acceptors (Lipinski definition) is 4. The van der Waals surface area contributed by atoms with Crippen molar-refractivity contribution in [3.8, 4) is 0 Å². The van der Waals surface area contributed by atoms with Crippen molar-refractivity contribution in [3.63, 3.8) is 0 Å². The minimum atomic E-state index is -3.55. The van der Waals surface area contributed by atoms with Crippen molar-refractivity contribution in [2.24, 2.45) is 0 Å². The van der Waals surface area contributed by atoms with Crippen molar-refractivity contribution in [2.75, 3.05) is 37.0 Å². The topological polar surface area (TPSA) is 75.7 Å². The van der Waals surface area contributed by atoms with Crippen LogP contribution in [0, 0.1) is 6.92 Å². The van der Waals surface area contributed by atoms with E-state index in [1.807, 2.05) is 6.92 Å². The summed E-state index contributed by atoms with van der Waals surface area (Å²) in [7, 11) is -3.55. The smallest absolute Gasteiger partial charge is 0.243 e. The summed E-state index contributed by atoms with van der Waals surface area (Å²) in [4.78, 5) is 11.6. The van der Waals surface area contributed by atoms with Gasteiger partial charge >= 0.3 is 0 Å². The van der Waals surface area contributed by atoms with Crippen LogP contribution in [0.1, 0.15) is 5.56 Å². The summed E-state index contributed by atoms with van der Waals surface area (Å²) in [6.07, 6.45) is 0. The molecule has 8 heteroatoms. The van der Waals surface area contributed by atoms with Crippen LogP contribution < -0.4 is 5.32 Å². The summed E-state index contributed by atoms with van der Waals surface area (Å²) in [6, 6.07) is 4.75. The number of nitrogens with one attached hydrogen (secondary N) is 1. The molecule has 0 bridgehead atoms. The number of carbonyl (C=O) groups excluding carboxylic acids is 1. The van der Waals surface area contributed by atoms with Crippen molar-refractivity contribution >= 4 is 37.5 Å². The predicted octanol–water partition coefficient (Wildman–Crippen LogP) is 1.35. The van der Waals surface area contributed by atoms with Crippen LogP contribution in [0.3, 0.4) is 0 Å². The van der Waals surface area contributed by atoms with E-state index >= 15 is 0 Å². The number of carbonyl (C=O) groups is 1. The number of ether oxygens (including phenoxy) is 1. The van der Waals surface area contributed by atoms with Crippen molar-refractivity contribution < 1.29 is 17.9 Å². The molecule has 0 unspecified atom stereocenters. The number of morpholine rings is 1. The van der Waals surface area contributed by atoms with Crippen LogP contribution in [0.25, 0.3) is 0 Å². The first kappa shape index (κ1) is 16.4. The van der Waals surface area contributed by atoms with Crippen molar-refractivity contribution in [1.82, 2.24) is 4.31 Å². The molecule has 1 amide bonds. The van der Waals surface area contributed by atoms with E-state index in [1.54, 1.807) is 12.1 Å². The van der Waals surface area contributed by atoms with Gasteiger partial charge in [0.1, 0.15) is 0 Å². The summed E-state index contributed by atoms with van der Waals surface area (Å²) in [5.74, 6) is -0.223. The minimum Gasteiger partial charge on any atom is -0.379 e. The summed E-state index contributed by atoms with van der Waals surface area (Å²) in [5.41, 5.74) is 1.32. The number of nitrogens with zero attached hydrogens (tertiary/aromatic N) is 1. The first-order valence-electron chi connectivity index (χ1n) is 6.49. The van der Waals surface area contributed by atoms with Gasteiger partial charge in [-0.2, -0.15) is 4.31 Å². The van der Waals surface area contributed by atoms with Gasteiger partial charge in [0.15, 0.2) is 0 Å². The van der Waals surface area contributed by atoms with Gasteiger partial charge < -0.3 is 10.1 Å². The molecule has 0 aliphatic carbocycles. The third-order valence-electron chi connectivity index (χ3n) is 3.21. The van der Waals surface area contributed by atoms with Gasteiger partial charge in [-0.15, -0.1) is 0 Å². The van der Waals surface area contributed by atoms with E-state index < -0.39 is 10.0 Å². The lowest BCUT2D eigenvalue weighted by molar-refractivity contribution is -0.113. The number of halogens is 1. The second kappa shape index (κ2) is 6.87. The maximum absolute atomic E-state index is 12.6. The Bertz CT molecular complexity index is 627. The summed E-state index contributed by atoms with van der Waals surface area (Å²) < 4.78 is 31.7. The second-order valence-electron chi connectivity index (χ2n) is 4.67. The molecule has 0 saturated carbocycles. The van der Waals surface area contributed by atoms with Crippen LogP contribution in [0.15, 0.2) is 23.1 Å². The summed E-state index contributed by atoms with van der Waals surface area (Å²) in [5, 5.41) is 2.84. The molecule has 1 aromatic carbocycles. The molecule has 1 aliphatic heterocycles. The van der Waals surface area contributed by atoms with E-state index in [1.165, 1.54) is 10.4 Å². The molecule has 1 N–H and O–H groups in total. The van der Waals surface area contributed by atoms with Crippen LogP contribution in [-0.2, 0) is 19.6 Å².